The quantitative estimate of drug-likeness (QED) is 0.0671. The number of hydrogen-bond donors (Lipinski definition) is 1. The van der Waals surface area contributed by atoms with Crippen LogP contribution in [0.25, 0.3) is 22.3 Å². The van der Waals surface area contributed by atoms with E-state index in [0.29, 0.717) is 28.8 Å². The van der Waals surface area contributed by atoms with Gasteiger partial charge in [-0.25, -0.2) is 35.1 Å². The number of halogens is 19. The molecule has 4 nitrogen and oxygen atoms in total. The molecule has 0 aliphatic heterocycles. The number of ether oxygens (including phenoxy) is 3. The summed E-state index contributed by atoms with van der Waals surface area (Å²) in [6.07, 6.45) is -15.5. The molecule has 394 valence electrons. The first-order chi connectivity index (χ1) is 34.0. The van der Waals surface area contributed by atoms with Crippen LogP contribution in [0.2, 0.25) is 0 Å². The van der Waals surface area contributed by atoms with Gasteiger partial charge in [-0.3, -0.25) is 0 Å². The molecule has 24 heteroatoms. The molecule has 0 saturated carbocycles. The van der Waals surface area contributed by atoms with Crippen molar-refractivity contribution in [2.24, 2.45) is 0 Å². The Morgan fingerprint density at radius 3 is 1.08 bits per heavy atom. The van der Waals surface area contributed by atoms with Gasteiger partial charge in [-0.15, -0.1) is 0 Å². The van der Waals surface area contributed by atoms with E-state index in [4.69, 9.17) is 5.11 Å². The average molecular weight is 1100 g/mol. The summed E-state index contributed by atoms with van der Waals surface area (Å²) in [4.78, 5) is 0. The Kier molecular flexibility index (Phi) is 22.3. The van der Waals surface area contributed by atoms with Crippen LogP contribution in [-0.2, 0) is 25.1 Å². The van der Waals surface area contributed by atoms with Crippen LogP contribution >= 0.6 is 11.6 Å². The molecule has 0 aromatic heterocycles. The molecule has 0 radical (unpaired) electrons. The monoisotopic (exact) mass is 1100 g/mol. The summed E-state index contributed by atoms with van der Waals surface area (Å²) in [6, 6.07) is 17.0. The summed E-state index contributed by atoms with van der Waals surface area (Å²) in [7, 11) is 0. The van der Waals surface area contributed by atoms with Crippen molar-refractivity contribution in [2.75, 3.05) is 0 Å². The Bertz CT molecular complexity index is 2800. The zero-order valence-corrected chi connectivity index (χ0v) is 41.0. The minimum Gasteiger partial charge on any atom is -1.00 e. The second-order valence-corrected chi connectivity index (χ2v) is 15.3. The molecule has 0 fully saturated rings. The summed E-state index contributed by atoms with van der Waals surface area (Å²) >= 11 is 4.59. The van der Waals surface area contributed by atoms with E-state index in [0.717, 1.165) is 48.9 Å². The molecule has 0 atom stereocenters. The van der Waals surface area contributed by atoms with Crippen molar-refractivity contribution in [3.05, 3.63) is 190 Å². The topological polar surface area (TPSA) is 47.9 Å². The van der Waals surface area contributed by atoms with Gasteiger partial charge in [0.2, 0.25) is 0 Å². The van der Waals surface area contributed by atoms with Gasteiger partial charge in [0.25, 0.3) is 0 Å². The van der Waals surface area contributed by atoms with E-state index < -0.39 is 111 Å². The van der Waals surface area contributed by atoms with Crippen molar-refractivity contribution >= 4 is 11.6 Å². The summed E-state index contributed by atoms with van der Waals surface area (Å²) in [5.41, 5.74) is -0.287. The Hall–Kier alpha value is -5.97. The van der Waals surface area contributed by atoms with Crippen LogP contribution in [0.15, 0.2) is 121 Å². The second kappa shape index (κ2) is 26.5. The van der Waals surface area contributed by atoms with Crippen LogP contribution in [-0.4, -0.2) is 17.5 Å². The maximum atomic E-state index is 14.6. The second-order valence-electron chi connectivity index (χ2n) is 15.0. The van der Waals surface area contributed by atoms with Crippen LogP contribution in [0.1, 0.15) is 50.4 Å². The molecule has 0 amide bonds. The molecule has 6 aromatic rings. The molecule has 1 N–H and O–H groups in total. The smallest absolute Gasteiger partial charge is 1.00 e. The number of alkyl halides is 10. The Balaban J connectivity index is 0.000000449. The number of allylic oxidation sites excluding steroid dienone is 2. The van der Waals surface area contributed by atoms with Crippen molar-refractivity contribution in [1.82, 2.24) is 0 Å². The van der Waals surface area contributed by atoms with Gasteiger partial charge < -0.3 is 20.7 Å². The molecule has 6 rings (SSSR count). The van der Waals surface area contributed by atoms with Crippen molar-refractivity contribution in [2.45, 2.75) is 64.1 Å². The third-order valence-electron chi connectivity index (χ3n) is 9.47. The normalized spacial score (nSPS) is 11.9. The van der Waals surface area contributed by atoms with Gasteiger partial charge in [-0.05, 0) is 70.5 Å². The van der Waals surface area contributed by atoms with Gasteiger partial charge in [0.15, 0.2) is 34.8 Å². The van der Waals surface area contributed by atoms with Gasteiger partial charge in [0, 0.05) is 35.9 Å². The molecule has 0 bridgehead atoms. The summed E-state index contributed by atoms with van der Waals surface area (Å²) in [5, 5.41) is 9.01. The first-order valence-electron chi connectivity index (χ1n) is 20.7. The molecule has 0 spiro atoms. The Morgan fingerprint density at radius 1 is 0.473 bits per heavy atom. The molecule has 6 aromatic carbocycles. The number of hydrogen-bond acceptors (Lipinski definition) is 4. The van der Waals surface area contributed by atoms with Gasteiger partial charge in [-0.1, -0.05) is 86.8 Å². The Labute approximate surface area is 438 Å². The first-order valence-corrected chi connectivity index (χ1v) is 21.2. The maximum absolute atomic E-state index is 14.6. The van der Waals surface area contributed by atoms with Crippen LogP contribution in [0.5, 0.6) is 23.0 Å². The number of aryl methyl sites for hydroxylation is 2. The van der Waals surface area contributed by atoms with Crippen LogP contribution in [0.4, 0.5) is 79.0 Å². The molecule has 0 aliphatic rings. The maximum Gasteiger partial charge on any atom is 1.00 e. The van der Waals surface area contributed by atoms with Crippen LogP contribution in [0.3, 0.4) is 0 Å². The zero-order valence-electron chi connectivity index (χ0n) is 39.2. The van der Waals surface area contributed by atoms with E-state index >= 15 is 0 Å². The summed E-state index contributed by atoms with van der Waals surface area (Å²) in [5.74, 6) is -18.0. The number of phenols is 1. The summed E-state index contributed by atoms with van der Waals surface area (Å²) in [6.45, 7) is 3.97. The molecule has 74 heavy (non-hydrogen) atoms. The van der Waals surface area contributed by atoms with E-state index in [1.165, 1.54) is 0 Å². The minimum absolute atomic E-state index is 0. The zero-order chi connectivity index (χ0) is 54.6. The minimum atomic E-state index is -4.83. The predicted molar refractivity (Wildman–Crippen MR) is 233 cm³/mol. The van der Waals surface area contributed by atoms with Gasteiger partial charge >= 0.3 is 54.1 Å². The summed E-state index contributed by atoms with van der Waals surface area (Å²) < 4.78 is 252. The first kappa shape index (κ1) is 62.3. The number of benzene rings is 6. The van der Waals surface area contributed by atoms with E-state index in [1.54, 1.807) is 48.5 Å². The van der Waals surface area contributed by atoms with Gasteiger partial charge in [-0.2, -0.15) is 43.9 Å². The third kappa shape index (κ3) is 17.9. The van der Waals surface area contributed by atoms with Crippen LogP contribution in [0, 0.1) is 46.5 Å². The third-order valence-corrected chi connectivity index (χ3v) is 9.59. The van der Waals surface area contributed by atoms with Crippen molar-refractivity contribution in [3.63, 3.8) is 0 Å². The SMILES string of the molecule is CCCc1ccc(-c2cc(F)c(C(F)(F)Oc3cc(F)c(O)c(F)c3)c(F)c2)cc1.CCCc1ccc(-c2cc(F)c(C(F)(F)Oc3cc(F)c(O/C=C/C(F)(F)F)c(F)c3)c(F)c2)cc1.FC(F)(F)/C=C/Cl.[H-].[Na+]. The van der Waals surface area contributed by atoms with Crippen LogP contribution < -0.4 is 43.8 Å². The largest absolute Gasteiger partial charge is 1.00 e. The van der Waals surface area contributed by atoms with E-state index in [-0.39, 0.29) is 78.7 Å². The van der Waals surface area contributed by atoms with Crippen molar-refractivity contribution < 1.29 is 129 Å². The van der Waals surface area contributed by atoms with E-state index in [9.17, 15) is 79.0 Å². The van der Waals surface area contributed by atoms with E-state index in [1.807, 2.05) is 13.8 Å². The number of phenolic OH excluding ortho intramolecular Hbond substituents is 1. The Morgan fingerprint density at radius 2 is 0.797 bits per heavy atom. The van der Waals surface area contributed by atoms with Gasteiger partial charge in [0.05, 0.1) is 12.3 Å². The standard InChI is InChI=1S/C25H17F9O2.C22H16F6O2.C3H2ClF3.Na.H/c1-2-3-14-4-6-15(7-5-14)16-10-18(26)22(19(27)11-16)25(33,34)36-17-12-20(28)23(21(29)13-17)35-9-8-24(30,31)32;1-2-3-12-4-6-13(7-5-12)14-8-16(23)20(17(24)9-14)22(27,28)30-15-10-18(25)21(29)19(26)11-15;4-2-1-3(5,6)7;;/h4-13H,2-3H2,1H3;4-11,29H,2-3H2,1H3;1-2H;;/q;;;+1;-1/b9-8+;;2-1+;;. The van der Waals surface area contributed by atoms with Crippen molar-refractivity contribution in [1.29, 1.82) is 0 Å². The number of rotatable bonds is 14. The van der Waals surface area contributed by atoms with Crippen molar-refractivity contribution in [3.8, 4) is 45.3 Å². The molecule has 0 unspecified atom stereocenters. The predicted octanol–water partition coefficient (Wildman–Crippen LogP) is 14.6. The molecular weight excluding hydrogens is 1060 g/mol. The molecule has 0 aliphatic carbocycles. The fourth-order valence-electron chi connectivity index (χ4n) is 6.30. The fourth-order valence-corrected chi connectivity index (χ4v) is 6.44. The molecule has 0 heterocycles. The van der Waals surface area contributed by atoms with Gasteiger partial charge in [0.1, 0.15) is 45.9 Å². The average Bonchev–Trinajstić information content (AvgIpc) is 3.26. The molecular formula is C50H36ClF18NaO4. The molecule has 0 saturated heterocycles. The fraction of sp³-hybridized carbons (Fsp3) is 0.200. The number of aromatic hydroxyl groups is 1. The van der Waals surface area contributed by atoms with E-state index in [2.05, 4.69) is 25.8 Å².